The molecular formula is C28H21ClF5N7O3. The predicted molar refractivity (Wildman–Crippen MR) is 147 cm³/mol. The van der Waals surface area contributed by atoms with Gasteiger partial charge >= 0.3 is 11.9 Å². The van der Waals surface area contributed by atoms with Gasteiger partial charge in [0.25, 0.3) is 5.91 Å². The van der Waals surface area contributed by atoms with E-state index in [1.54, 1.807) is 18.2 Å². The second-order valence-electron chi connectivity index (χ2n) is 9.46. The van der Waals surface area contributed by atoms with E-state index >= 15 is 0 Å². The molecule has 0 aliphatic heterocycles. The van der Waals surface area contributed by atoms with Gasteiger partial charge in [-0.05, 0) is 42.5 Å². The van der Waals surface area contributed by atoms with Crippen molar-refractivity contribution in [3.8, 4) is 17.1 Å². The molecule has 0 fully saturated rings. The standard InChI is InChI=1S/C28H21ClF5N7O3/c29-18-10-8-16(9-11-18)25-38-40(27(44)39(25)13-22(42)28(32,33)34)14-23-36-15-41(37-23)21-7-2-1-5-19(21)26(43)35-12-17-4-3-6-20(30)24(17)31/h1-11,15,22,42H,12-14H2,(H,35,43)/t22-/m0/s1. The molecule has 0 unspecified atom stereocenters. The Labute approximate surface area is 250 Å². The number of amides is 1. The third kappa shape index (κ3) is 6.53. The zero-order chi connectivity index (χ0) is 31.6. The first-order chi connectivity index (χ1) is 20.9. The maximum absolute atomic E-state index is 14.0. The number of aromatic nitrogens is 6. The van der Waals surface area contributed by atoms with Crippen molar-refractivity contribution in [1.29, 1.82) is 0 Å². The van der Waals surface area contributed by atoms with Crippen LogP contribution in [0.4, 0.5) is 22.0 Å². The summed E-state index contributed by atoms with van der Waals surface area (Å²) in [5.74, 6) is -2.87. The van der Waals surface area contributed by atoms with Crippen LogP contribution in [0.25, 0.3) is 17.1 Å². The van der Waals surface area contributed by atoms with Gasteiger partial charge in [0.15, 0.2) is 29.4 Å². The quantitative estimate of drug-likeness (QED) is 0.236. The molecule has 2 N–H and O–H groups in total. The molecule has 0 saturated heterocycles. The Morgan fingerprint density at radius 1 is 1.00 bits per heavy atom. The Balaban J connectivity index is 1.41. The van der Waals surface area contributed by atoms with Gasteiger partial charge in [0.1, 0.15) is 12.9 Å². The summed E-state index contributed by atoms with van der Waals surface area (Å²) in [7, 11) is 0. The minimum atomic E-state index is -4.98. The normalized spacial score (nSPS) is 12.3. The number of nitrogens with one attached hydrogen (secondary N) is 1. The van der Waals surface area contributed by atoms with Crippen molar-refractivity contribution in [1.82, 2.24) is 34.4 Å². The number of carbonyl (C=O) groups is 1. The van der Waals surface area contributed by atoms with Crippen molar-refractivity contribution < 1.29 is 31.9 Å². The van der Waals surface area contributed by atoms with Crippen molar-refractivity contribution in [2.75, 3.05) is 0 Å². The molecule has 44 heavy (non-hydrogen) atoms. The minimum Gasteiger partial charge on any atom is -0.382 e. The molecule has 0 radical (unpaired) electrons. The average Bonchev–Trinajstić information content (AvgIpc) is 3.58. The molecule has 0 aliphatic carbocycles. The van der Waals surface area contributed by atoms with Crippen molar-refractivity contribution in [3.05, 3.63) is 117 Å². The number of aliphatic hydroxyl groups is 1. The fraction of sp³-hybridized carbons (Fsp3) is 0.179. The zero-order valence-corrected chi connectivity index (χ0v) is 23.1. The van der Waals surface area contributed by atoms with Crippen LogP contribution >= 0.6 is 11.6 Å². The summed E-state index contributed by atoms with van der Waals surface area (Å²) in [6.45, 7) is -1.76. The van der Waals surface area contributed by atoms with E-state index in [2.05, 4.69) is 20.5 Å². The molecule has 16 heteroatoms. The average molecular weight is 634 g/mol. The van der Waals surface area contributed by atoms with Gasteiger partial charge < -0.3 is 10.4 Å². The second kappa shape index (κ2) is 12.4. The molecule has 5 rings (SSSR count). The molecule has 10 nitrogen and oxygen atoms in total. The predicted octanol–water partition coefficient (Wildman–Crippen LogP) is 4.13. The number of rotatable bonds is 9. The van der Waals surface area contributed by atoms with Crippen molar-refractivity contribution >= 4 is 17.5 Å². The zero-order valence-electron chi connectivity index (χ0n) is 22.3. The van der Waals surface area contributed by atoms with Crippen molar-refractivity contribution in [3.63, 3.8) is 0 Å². The highest BCUT2D eigenvalue weighted by atomic mass is 35.5. The van der Waals surface area contributed by atoms with Gasteiger partial charge in [0.05, 0.1) is 17.8 Å². The summed E-state index contributed by atoms with van der Waals surface area (Å²) >= 11 is 5.91. The highest BCUT2D eigenvalue weighted by Gasteiger charge is 2.39. The Morgan fingerprint density at radius 2 is 1.73 bits per heavy atom. The molecule has 0 saturated carbocycles. The summed E-state index contributed by atoms with van der Waals surface area (Å²) in [6, 6.07) is 15.7. The van der Waals surface area contributed by atoms with E-state index in [1.165, 1.54) is 53.5 Å². The smallest absolute Gasteiger partial charge is 0.382 e. The number of halogens is 6. The Bertz CT molecular complexity index is 1870. The number of para-hydroxylation sites is 1. The van der Waals surface area contributed by atoms with Crippen molar-refractivity contribution in [2.45, 2.75) is 31.9 Å². The Kier molecular flexibility index (Phi) is 8.60. The number of hydrogen-bond acceptors (Lipinski definition) is 6. The number of nitrogens with zero attached hydrogens (tertiary/aromatic N) is 6. The molecule has 0 bridgehead atoms. The molecule has 2 aromatic heterocycles. The summed E-state index contributed by atoms with van der Waals surface area (Å²) in [4.78, 5) is 30.2. The van der Waals surface area contributed by atoms with Crippen LogP contribution in [-0.2, 0) is 19.6 Å². The first-order valence-corrected chi connectivity index (χ1v) is 13.2. The third-order valence-corrected chi connectivity index (χ3v) is 6.71. The van der Waals surface area contributed by atoms with Crippen LogP contribution in [0.15, 0.2) is 77.9 Å². The summed E-state index contributed by atoms with van der Waals surface area (Å²) < 4.78 is 69.7. The second-order valence-corrected chi connectivity index (χ2v) is 9.89. The molecule has 3 aromatic carbocycles. The molecule has 1 amide bonds. The maximum atomic E-state index is 14.0. The number of hydrogen-bond donors (Lipinski definition) is 2. The van der Waals surface area contributed by atoms with Gasteiger partial charge in [-0.25, -0.2) is 27.9 Å². The van der Waals surface area contributed by atoms with E-state index in [4.69, 9.17) is 11.6 Å². The van der Waals surface area contributed by atoms with Crippen LogP contribution in [0.3, 0.4) is 0 Å². The Hall–Kier alpha value is -4.89. The van der Waals surface area contributed by atoms with E-state index in [1.807, 2.05) is 0 Å². The number of benzene rings is 3. The van der Waals surface area contributed by atoms with E-state index in [0.717, 1.165) is 10.7 Å². The topological polar surface area (TPSA) is 120 Å². The number of carbonyl (C=O) groups excluding carboxylic acids is 1. The van der Waals surface area contributed by atoms with Gasteiger partial charge in [0.2, 0.25) is 0 Å². The maximum Gasteiger partial charge on any atom is 0.416 e. The summed E-state index contributed by atoms with van der Waals surface area (Å²) in [5, 5.41) is 21.0. The Morgan fingerprint density at radius 3 is 2.45 bits per heavy atom. The van der Waals surface area contributed by atoms with E-state index in [9.17, 15) is 36.6 Å². The van der Waals surface area contributed by atoms with Gasteiger partial charge in [-0.1, -0.05) is 35.9 Å². The molecule has 228 valence electrons. The van der Waals surface area contributed by atoms with Crippen LogP contribution in [0, 0.1) is 11.6 Å². The molecule has 5 aromatic rings. The van der Waals surface area contributed by atoms with Crippen LogP contribution in [0.5, 0.6) is 0 Å². The highest BCUT2D eigenvalue weighted by Crippen LogP contribution is 2.24. The van der Waals surface area contributed by atoms with E-state index in [-0.39, 0.29) is 47.1 Å². The highest BCUT2D eigenvalue weighted by molar-refractivity contribution is 6.30. The van der Waals surface area contributed by atoms with E-state index < -0.39 is 42.1 Å². The van der Waals surface area contributed by atoms with Gasteiger partial charge in [-0.15, -0.1) is 10.2 Å². The fourth-order valence-electron chi connectivity index (χ4n) is 4.24. The molecule has 0 aliphatic rings. The van der Waals surface area contributed by atoms with Crippen LogP contribution in [0.2, 0.25) is 5.02 Å². The number of aliphatic hydroxyl groups excluding tert-OH is 1. The first-order valence-electron chi connectivity index (χ1n) is 12.8. The lowest BCUT2D eigenvalue weighted by Gasteiger charge is -2.15. The van der Waals surface area contributed by atoms with Gasteiger partial charge in [0, 0.05) is 22.7 Å². The summed E-state index contributed by atoms with van der Waals surface area (Å²) in [5.41, 5.74) is -0.357. The van der Waals surface area contributed by atoms with Crippen LogP contribution < -0.4 is 11.0 Å². The van der Waals surface area contributed by atoms with Crippen LogP contribution in [-0.4, -0.2) is 52.4 Å². The SMILES string of the molecule is O=C(NCc1cccc(F)c1F)c1ccccc1-n1cnc(Cn2nc(-c3ccc(Cl)cc3)n(C[C@H](O)C(F)(F)F)c2=O)n1. The van der Waals surface area contributed by atoms with E-state index in [0.29, 0.717) is 9.59 Å². The third-order valence-electron chi connectivity index (χ3n) is 6.46. The van der Waals surface area contributed by atoms with Gasteiger partial charge in [-0.3, -0.25) is 9.36 Å². The van der Waals surface area contributed by atoms with Gasteiger partial charge in [-0.2, -0.15) is 13.2 Å². The summed E-state index contributed by atoms with van der Waals surface area (Å²) in [6.07, 6.45) is -6.56. The lowest BCUT2D eigenvalue weighted by atomic mass is 10.1. The minimum absolute atomic E-state index is 0.0211. The molecule has 2 heterocycles. The molecular weight excluding hydrogens is 613 g/mol. The lowest BCUT2D eigenvalue weighted by molar-refractivity contribution is -0.207. The monoisotopic (exact) mass is 633 g/mol. The molecule has 1 atom stereocenters. The first kappa shape index (κ1) is 30.6. The lowest BCUT2D eigenvalue weighted by Crippen LogP contribution is -2.37. The number of alkyl halides is 3. The van der Waals surface area contributed by atoms with Crippen molar-refractivity contribution in [2.24, 2.45) is 0 Å². The van der Waals surface area contributed by atoms with Crippen LogP contribution in [0.1, 0.15) is 21.7 Å². The largest absolute Gasteiger partial charge is 0.416 e. The fourth-order valence-corrected chi connectivity index (χ4v) is 4.36. The molecule has 0 spiro atoms.